The number of nitrogens with one attached hydrogen (secondary N) is 1. The minimum atomic E-state index is -0.583. The predicted molar refractivity (Wildman–Crippen MR) is 96.9 cm³/mol. The van der Waals surface area contributed by atoms with Gasteiger partial charge in [0.2, 0.25) is 0 Å². The number of hydrogen-bond acceptors (Lipinski definition) is 6. The van der Waals surface area contributed by atoms with E-state index in [1.165, 1.54) is 11.8 Å². The standard InChI is InChI=1S/C18H15N3O3S/c1-25-18(20-12-19)21-15-9-7-14(8-10-15)17(23)24-11-16(22)13-5-3-2-4-6-13/h2-10H,11H2,1H3,(H,20,21). The SMILES string of the molecule is CSC(=Nc1ccc(C(=O)OCC(=O)c2ccccc2)cc1)NC#N. The molecular formula is C18H15N3O3S. The third-order valence-corrected chi connectivity index (χ3v) is 3.70. The monoisotopic (exact) mass is 353 g/mol. The summed E-state index contributed by atoms with van der Waals surface area (Å²) in [6.07, 6.45) is 3.59. The van der Waals surface area contributed by atoms with E-state index in [1.807, 2.05) is 0 Å². The Bertz CT molecular complexity index is 812. The zero-order valence-corrected chi connectivity index (χ0v) is 14.2. The molecule has 2 aromatic rings. The number of nitriles is 1. The molecule has 0 bridgehead atoms. The average molecular weight is 353 g/mol. The van der Waals surface area contributed by atoms with E-state index in [1.54, 1.807) is 67.0 Å². The summed E-state index contributed by atoms with van der Waals surface area (Å²) in [4.78, 5) is 28.1. The summed E-state index contributed by atoms with van der Waals surface area (Å²) in [6.45, 7) is -0.314. The summed E-state index contributed by atoms with van der Waals surface area (Å²) in [5.74, 6) is -0.845. The summed E-state index contributed by atoms with van der Waals surface area (Å²) >= 11 is 1.30. The Morgan fingerprint density at radius 1 is 1.12 bits per heavy atom. The molecule has 2 rings (SSSR count). The molecule has 6 nitrogen and oxygen atoms in total. The van der Waals surface area contributed by atoms with Crippen LogP contribution in [0.4, 0.5) is 5.69 Å². The zero-order valence-electron chi connectivity index (χ0n) is 13.4. The molecule has 25 heavy (non-hydrogen) atoms. The number of ether oxygens (including phenoxy) is 1. The van der Waals surface area contributed by atoms with Gasteiger partial charge in [-0.05, 0) is 30.5 Å². The number of ketones is 1. The van der Waals surface area contributed by atoms with Crippen molar-refractivity contribution in [2.24, 2.45) is 4.99 Å². The molecule has 126 valence electrons. The van der Waals surface area contributed by atoms with E-state index in [0.29, 0.717) is 22.0 Å². The Morgan fingerprint density at radius 2 is 1.80 bits per heavy atom. The van der Waals surface area contributed by atoms with Crippen LogP contribution in [-0.4, -0.2) is 29.8 Å². The molecule has 0 aliphatic heterocycles. The third kappa shape index (κ3) is 5.48. The molecule has 1 N–H and O–H groups in total. The minimum absolute atomic E-state index is 0.262. The number of rotatable bonds is 5. The number of nitrogens with zero attached hydrogens (tertiary/aromatic N) is 2. The van der Waals surface area contributed by atoms with Gasteiger partial charge >= 0.3 is 5.97 Å². The van der Waals surface area contributed by atoms with Crippen LogP contribution in [0.3, 0.4) is 0 Å². The van der Waals surface area contributed by atoms with E-state index >= 15 is 0 Å². The van der Waals surface area contributed by atoms with E-state index in [9.17, 15) is 9.59 Å². The van der Waals surface area contributed by atoms with Gasteiger partial charge in [0.05, 0.1) is 11.3 Å². The van der Waals surface area contributed by atoms with Crippen molar-refractivity contribution in [3.63, 3.8) is 0 Å². The first-order valence-electron chi connectivity index (χ1n) is 7.27. The van der Waals surface area contributed by atoms with Gasteiger partial charge in [0.25, 0.3) is 0 Å². The maximum atomic E-state index is 12.0. The van der Waals surface area contributed by atoms with Crippen LogP contribution in [0, 0.1) is 11.5 Å². The van der Waals surface area contributed by atoms with Gasteiger partial charge in [-0.1, -0.05) is 42.1 Å². The van der Waals surface area contributed by atoms with Crippen LogP contribution in [-0.2, 0) is 4.74 Å². The number of Topliss-reactive ketones (excluding diaryl/α,β-unsaturated/α-hetero) is 1. The maximum Gasteiger partial charge on any atom is 0.338 e. The highest BCUT2D eigenvalue weighted by Crippen LogP contribution is 2.15. The zero-order chi connectivity index (χ0) is 18.1. The van der Waals surface area contributed by atoms with Crippen LogP contribution in [0.5, 0.6) is 0 Å². The third-order valence-electron chi connectivity index (χ3n) is 3.12. The Balaban J connectivity index is 1.96. The highest BCUT2D eigenvalue weighted by Gasteiger charge is 2.11. The van der Waals surface area contributed by atoms with Gasteiger partial charge in [-0.2, -0.15) is 5.26 Å². The average Bonchev–Trinajstić information content (AvgIpc) is 2.66. The quantitative estimate of drug-likeness (QED) is 0.222. The smallest absolute Gasteiger partial charge is 0.338 e. The van der Waals surface area contributed by atoms with E-state index in [4.69, 9.17) is 10.00 Å². The molecule has 0 unspecified atom stereocenters. The molecule has 7 heteroatoms. The number of amidine groups is 1. The number of thioether (sulfide) groups is 1. The van der Waals surface area contributed by atoms with Crippen LogP contribution in [0.25, 0.3) is 0 Å². The fourth-order valence-electron chi connectivity index (χ4n) is 1.88. The van der Waals surface area contributed by atoms with Gasteiger partial charge in [0.15, 0.2) is 23.8 Å². The number of esters is 1. The fraction of sp³-hybridized carbons (Fsp3) is 0.111. The highest BCUT2D eigenvalue weighted by atomic mass is 32.2. The molecule has 0 heterocycles. The number of hydrogen-bond donors (Lipinski definition) is 1. The summed E-state index contributed by atoms with van der Waals surface area (Å²) < 4.78 is 5.04. The molecular weight excluding hydrogens is 338 g/mol. The largest absolute Gasteiger partial charge is 0.454 e. The molecule has 0 saturated carbocycles. The lowest BCUT2D eigenvalue weighted by Gasteiger charge is -2.05. The van der Waals surface area contributed by atoms with E-state index in [2.05, 4.69) is 10.3 Å². The molecule has 0 aliphatic carbocycles. The molecule has 0 aromatic heterocycles. The normalized spacial score (nSPS) is 10.6. The molecule has 0 saturated heterocycles. The van der Waals surface area contributed by atoms with E-state index in [-0.39, 0.29) is 12.4 Å². The van der Waals surface area contributed by atoms with Crippen LogP contribution in [0.2, 0.25) is 0 Å². The summed E-state index contributed by atoms with van der Waals surface area (Å²) in [6, 6.07) is 15.0. The van der Waals surface area contributed by atoms with Gasteiger partial charge < -0.3 is 4.74 Å². The summed E-state index contributed by atoms with van der Waals surface area (Å²) in [5.41, 5.74) is 1.40. The first kappa shape index (κ1) is 18.2. The predicted octanol–water partition coefficient (Wildman–Crippen LogP) is 3.15. The van der Waals surface area contributed by atoms with Gasteiger partial charge in [0, 0.05) is 5.56 Å². The molecule has 2 aromatic carbocycles. The molecule has 0 amide bonds. The molecule has 0 aliphatic rings. The van der Waals surface area contributed by atoms with Gasteiger partial charge in [-0.25, -0.2) is 9.79 Å². The second-order valence-corrected chi connectivity index (χ2v) is 5.57. The summed E-state index contributed by atoms with van der Waals surface area (Å²) in [5, 5.41) is 11.5. The first-order valence-corrected chi connectivity index (χ1v) is 8.49. The topological polar surface area (TPSA) is 91.5 Å². The number of aliphatic imine (C=N–C) groups is 1. The van der Waals surface area contributed by atoms with Gasteiger partial charge in [-0.15, -0.1) is 0 Å². The lowest BCUT2D eigenvalue weighted by Crippen LogP contribution is -2.14. The van der Waals surface area contributed by atoms with Crippen molar-refractivity contribution >= 4 is 34.4 Å². The van der Waals surface area contributed by atoms with Crippen LogP contribution in [0.15, 0.2) is 59.6 Å². The second kappa shape index (κ2) is 9.25. The number of benzene rings is 2. The first-order chi connectivity index (χ1) is 12.1. The van der Waals surface area contributed by atoms with Crippen LogP contribution >= 0.6 is 11.8 Å². The van der Waals surface area contributed by atoms with Crippen molar-refractivity contribution in [2.45, 2.75) is 0 Å². The summed E-state index contributed by atoms with van der Waals surface area (Å²) in [7, 11) is 0. The van der Waals surface area contributed by atoms with Crippen molar-refractivity contribution < 1.29 is 14.3 Å². The van der Waals surface area contributed by atoms with E-state index in [0.717, 1.165) is 0 Å². The van der Waals surface area contributed by atoms with Crippen molar-refractivity contribution in [3.05, 3.63) is 65.7 Å². The van der Waals surface area contributed by atoms with Gasteiger partial charge in [0.1, 0.15) is 0 Å². The van der Waals surface area contributed by atoms with Crippen molar-refractivity contribution in [3.8, 4) is 6.19 Å². The Hall–Kier alpha value is -3.11. The molecule has 0 radical (unpaired) electrons. The Morgan fingerprint density at radius 3 is 2.40 bits per heavy atom. The lowest BCUT2D eigenvalue weighted by molar-refractivity contribution is 0.0475. The minimum Gasteiger partial charge on any atom is -0.454 e. The van der Waals surface area contributed by atoms with Crippen molar-refractivity contribution in [1.29, 1.82) is 5.26 Å². The van der Waals surface area contributed by atoms with Crippen molar-refractivity contribution in [2.75, 3.05) is 12.9 Å². The Labute approximate surface area is 149 Å². The molecule has 0 fully saturated rings. The number of carbonyl (C=O) groups excluding carboxylic acids is 2. The number of carbonyl (C=O) groups is 2. The van der Waals surface area contributed by atoms with Crippen molar-refractivity contribution in [1.82, 2.24) is 5.32 Å². The lowest BCUT2D eigenvalue weighted by atomic mass is 10.1. The molecule has 0 atom stereocenters. The van der Waals surface area contributed by atoms with Gasteiger partial charge in [-0.3, -0.25) is 10.1 Å². The van der Waals surface area contributed by atoms with Crippen LogP contribution < -0.4 is 5.32 Å². The molecule has 0 spiro atoms. The second-order valence-electron chi connectivity index (χ2n) is 4.77. The maximum absolute atomic E-state index is 12.0. The fourth-order valence-corrected chi connectivity index (χ4v) is 2.23. The van der Waals surface area contributed by atoms with Crippen LogP contribution in [0.1, 0.15) is 20.7 Å². The van der Waals surface area contributed by atoms with E-state index < -0.39 is 5.97 Å². The Kier molecular flexibility index (Phi) is 6.75. The highest BCUT2D eigenvalue weighted by molar-refractivity contribution is 8.13.